The van der Waals surface area contributed by atoms with Gasteiger partial charge in [0, 0.05) is 6.42 Å². The second-order valence-corrected chi connectivity index (χ2v) is 7.77. The van der Waals surface area contributed by atoms with E-state index in [2.05, 4.69) is 21.0 Å². The summed E-state index contributed by atoms with van der Waals surface area (Å²) in [5, 5.41) is 8.69. The van der Waals surface area contributed by atoms with Crippen LogP contribution in [0, 0.1) is 0 Å². The first-order chi connectivity index (χ1) is 11.0. The van der Waals surface area contributed by atoms with Gasteiger partial charge in [-0.3, -0.25) is 4.79 Å². The van der Waals surface area contributed by atoms with E-state index in [1.165, 1.54) is 83.6 Å². The molecule has 0 amide bonds. The molecule has 0 aromatic rings. The number of nitrogens with zero attached hydrogens (tertiary/aromatic N) is 1. The van der Waals surface area contributed by atoms with E-state index in [0.717, 1.165) is 17.4 Å². The quantitative estimate of drug-likeness (QED) is 0.277. The fraction of sp³-hybridized carbons (Fsp3) is 0.950. The van der Waals surface area contributed by atoms with Crippen molar-refractivity contribution >= 4 is 5.97 Å². The molecule has 1 N–H and O–H groups in total. The number of rotatable bonds is 17. The van der Waals surface area contributed by atoms with Crippen LogP contribution in [0.25, 0.3) is 0 Å². The van der Waals surface area contributed by atoms with Crippen LogP contribution in [0.15, 0.2) is 0 Å². The first-order valence-corrected chi connectivity index (χ1v) is 10.0. The Bertz CT molecular complexity index is 277. The van der Waals surface area contributed by atoms with E-state index in [0.29, 0.717) is 6.42 Å². The summed E-state index contributed by atoms with van der Waals surface area (Å²) in [6.45, 7) is 4.43. The first kappa shape index (κ1) is 22.4. The lowest BCUT2D eigenvalue weighted by molar-refractivity contribution is -0.890. The molecule has 0 saturated carbocycles. The highest BCUT2D eigenvalue weighted by atomic mass is 16.4. The van der Waals surface area contributed by atoms with Gasteiger partial charge in [-0.15, -0.1) is 0 Å². The van der Waals surface area contributed by atoms with Gasteiger partial charge < -0.3 is 9.59 Å². The highest BCUT2D eigenvalue weighted by Gasteiger charge is 2.14. The van der Waals surface area contributed by atoms with Gasteiger partial charge in [0.2, 0.25) is 0 Å². The fourth-order valence-electron chi connectivity index (χ4n) is 3.15. The van der Waals surface area contributed by atoms with Crippen molar-refractivity contribution in [3.05, 3.63) is 0 Å². The molecule has 138 valence electrons. The summed E-state index contributed by atoms with van der Waals surface area (Å²) < 4.78 is 0.963. The van der Waals surface area contributed by atoms with Crippen LogP contribution in [0.3, 0.4) is 0 Å². The van der Waals surface area contributed by atoms with Crippen LogP contribution in [0.2, 0.25) is 0 Å². The molecule has 0 aromatic carbocycles. The second-order valence-electron chi connectivity index (χ2n) is 7.77. The van der Waals surface area contributed by atoms with Crippen LogP contribution in [0.4, 0.5) is 0 Å². The summed E-state index contributed by atoms with van der Waals surface area (Å²) in [5.41, 5.74) is 0. The van der Waals surface area contributed by atoms with Crippen molar-refractivity contribution in [2.45, 2.75) is 96.8 Å². The van der Waals surface area contributed by atoms with E-state index in [1.807, 2.05) is 0 Å². The average Bonchev–Trinajstić information content (AvgIpc) is 2.47. The molecule has 0 saturated heterocycles. The predicted molar refractivity (Wildman–Crippen MR) is 99.8 cm³/mol. The van der Waals surface area contributed by atoms with E-state index in [-0.39, 0.29) is 0 Å². The average molecular weight is 329 g/mol. The minimum absolute atomic E-state index is 0.306. The standard InChI is InChI=1S/C20H41NO2/c1-4-5-6-7-8-9-10-11-12-13-14-15-18-21(2,3)19-16-17-20(22)23/h4-19H2,1-3H3/p+1. The van der Waals surface area contributed by atoms with Gasteiger partial charge in [0.15, 0.2) is 0 Å². The molecule has 0 aromatic heterocycles. The van der Waals surface area contributed by atoms with Crippen LogP contribution in [-0.4, -0.2) is 42.7 Å². The molecule has 0 fully saturated rings. The maximum atomic E-state index is 10.6. The minimum Gasteiger partial charge on any atom is -0.481 e. The smallest absolute Gasteiger partial charge is 0.303 e. The zero-order valence-electron chi connectivity index (χ0n) is 16.1. The number of hydrogen-bond donors (Lipinski definition) is 1. The molecule has 3 nitrogen and oxygen atoms in total. The lowest BCUT2D eigenvalue weighted by Gasteiger charge is -2.29. The molecule has 0 aliphatic carbocycles. The van der Waals surface area contributed by atoms with Crippen molar-refractivity contribution in [1.82, 2.24) is 0 Å². The molecule has 0 heterocycles. The van der Waals surface area contributed by atoms with E-state index < -0.39 is 5.97 Å². The van der Waals surface area contributed by atoms with Crippen LogP contribution in [-0.2, 0) is 4.79 Å². The maximum absolute atomic E-state index is 10.6. The Morgan fingerprint density at radius 3 is 1.52 bits per heavy atom. The Balaban J connectivity index is 3.29. The van der Waals surface area contributed by atoms with E-state index >= 15 is 0 Å². The molecule has 0 radical (unpaired) electrons. The summed E-state index contributed by atoms with van der Waals surface area (Å²) in [6.07, 6.45) is 17.8. The van der Waals surface area contributed by atoms with Crippen LogP contribution in [0.1, 0.15) is 96.8 Å². The van der Waals surface area contributed by atoms with Crippen LogP contribution < -0.4 is 0 Å². The van der Waals surface area contributed by atoms with Crippen LogP contribution in [0.5, 0.6) is 0 Å². The minimum atomic E-state index is -0.671. The summed E-state index contributed by atoms with van der Waals surface area (Å²) in [5.74, 6) is -0.671. The highest BCUT2D eigenvalue weighted by Crippen LogP contribution is 2.13. The van der Waals surface area contributed by atoms with Gasteiger partial charge in [0.05, 0.1) is 33.6 Å². The van der Waals surface area contributed by atoms with Crippen molar-refractivity contribution in [2.24, 2.45) is 0 Å². The van der Waals surface area contributed by atoms with Gasteiger partial charge in [0.25, 0.3) is 0 Å². The van der Waals surface area contributed by atoms with Gasteiger partial charge >= 0.3 is 5.97 Å². The molecular weight excluding hydrogens is 286 g/mol. The molecular formula is C20H42NO2+. The van der Waals surface area contributed by atoms with E-state index in [4.69, 9.17) is 5.11 Å². The Labute approximate surface area is 145 Å². The lowest BCUT2D eigenvalue weighted by Crippen LogP contribution is -2.41. The van der Waals surface area contributed by atoms with E-state index in [1.54, 1.807) is 0 Å². The molecule has 0 spiro atoms. The summed E-state index contributed by atoms with van der Waals surface area (Å²) in [6, 6.07) is 0. The van der Waals surface area contributed by atoms with Gasteiger partial charge in [-0.25, -0.2) is 0 Å². The Morgan fingerprint density at radius 2 is 1.09 bits per heavy atom. The number of unbranched alkanes of at least 4 members (excludes halogenated alkanes) is 11. The summed E-state index contributed by atoms with van der Waals surface area (Å²) >= 11 is 0. The second kappa shape index (κ2) is 15.0. The number of carboxylic acids is 1. The van der Waals surface area contributed by atoms with Crippen molar-refractivity contribution < 1.29 is 14.4 Å². The third kappa shape index (κ3) is 17.6. The van der Waals surface area contributed by atoms with Gasteiger partial charge in [-0.1, -0.05) is 71.1 Å². The number of quaternary nitrogens is 1. The Hall–Kier alpha value is -0.570. The fourth-order valence-corrected chi connectivity index (χ4v) is 3.15. The number of aliphatic carboxylic acids is 1. The third-order valence-electron chi connectivity index (χ3n) is 4.77. The van der Waals surface area contributed by atoms with Gasteiger partial charge in [-0.2, -0.15) is 0 Å². The van der Waals surface area contributed by atoms with Gasteiger partial charge in [-0.05, 0) is 12.8 Å². The van der Waals surface area contributed by atoms with Crippen molar-refractivity contribution in [1.29, 1.82) is 0 Å². The first-order valence-electron chi connectivity index (χ1n) is 10.0. The van der Waals surface area contributed by atoms with Gasteiger partial charge in [0.1, 0.15) is 0 Å². The monoisotopic (exact) mass is 328 g/mol. The molecule has 0 atom stereocenters. The zero-order valence-corrected chi connectivity index (χ0v) is 16.1. The Kier molecular flexibility index (Phi) is 14.6. The highest BCUT2D eigenvalue weighted by molar-refractivity contribution is 5.66. The molecule has 0 aliphatic rings. The number of hydrogen-bond acceptors (Lipinski definition) is 1. The normalized spacial score (nSPS) is 11.8. The molecule has 0 aliphatic heterocycles. The largest absolute Gasteiger partial charge is 0.481 e. The van der Waals surface area contributed by atoms with Crippen molar-refractivity contribution in [3.63, 3.8) is 0 Å². The van der Waals surface area contributed by atoms with E-state index in [9.17, 15) is 4.79 Å². The predicted octanol–water partition coefficient (Wildman–Crippen LogP) is 5.63. The maximum Gasteiger partial charge on any atom is 0.303 e. The topological polar surface area (TPSA) is 37.3 Å². The van der Waals surface area contributed by atoms with Crippen molar-refractivity contribution in [3.8, 4) is 0 Å². The SMILES string of the molecule is CCCCCCCCCCCCCC[N+](C)(C)CCCC(=O)O. The summed E-state index contributed by atoms with van der Waals surface area (Å²) in [4.78, 5) is 10.6. The third-order valence-corrected chi connectivity index (χ3v) is 4.77. The van der Waals surface area contributed by atoms with Crippen molar-refractivity contribution in [2.75, 3.05) is 27.2 Å². The lowest BCUT2D eigenvalue weighted by atomic mass is 10.1. The molecule has 23 heavy (non-hydrogen) atoms. The molecule has 0 unspecified atom stereocenters. The zero-order chi connectivity index (χ0) is 17.4. The number of carboxylic acid groups (broad SMARTS) is 1. The molecule has 0 bridgehead atoms. The van der Waals surface area contributed by atoms with Crippen LogP contribution >= 0.6 is 0 Å². The number of carbonyl (C=O) groups is 1. The Morgan fingerprint density at radius 1 is 0.696 bits per heavy atom. The summed E-state index contributed by atoms with van der Waals surface area (Å²) in [7, 11) is 4.45. The molecule has 3 heteroatoms. The molecule has 0 rings (SSSR count).